The maximum atomic E-state index is 13.1. The molecule has 2 aromatic carbocycles. The number of nitrogens with one attached hydrogen (secondary N) is 4. The number of carbonyl (C=O) groups is 2. The Morgan fingerprint density at radius 2 is 1.64 bits per heavy atom. The molecular weight excluding hydrogens is 485 g/mol. The van der Waals surface area contributed by atoms with Crippen molar-refractivity contribution < 1.29 is 27.1 Å². The third-order valence-corrected chi connectivity index (χ3v) is 6.66. The van der Waals surface area contributed by atoms with E-state index in [1.54, 1.807) is 6.07 Å². The molecule has 11 nitrogen and oxygen atoms in total. The lowest BCUT2D eigenvalue weighted by atomic mass is 9.75. The monoisotopic (exact) mass is 517 g/mol. The van der Waals surface area contributed by atoms with Gasteiger partial charge in [-0.15, -0.1) is 0 Å². The summed E-state index contributed by atoms with van der Waals surface area (Å²) in [5.41, 5.74) is 4.58. The van der Waals surface area contributed by atoms with Gasteiger partial charge in [0.25, 0.3) is 10.1 Å². The molecule has 2 rings (SSSR count). The predicted molar refractivity (Wildman–Crippen MR) is 136 cm³/mol. The fourth-order valence-corrected chi connectivity index (χ4v) is 4.12. The van der Waals surface area contributed by atoms with Gasteiger partial charge in [0.15, 0.2) is 5.96 Å². The van der Waals surface area contributed by atoms with Gasteiger partial charge in [0.2, 0.25) is 11.8 Å². The van der Waals surface area contributed by atoms with E-state index in [4.69, 9.17) is 15.2 Å². The summed E-state index contributed by atoms with van der Waals surface area (Å²) >= 11 is 0. The highest BCUT2D eigenvalue weighted by Crippen LogP contribution is 2.19. The SMILES string of the molecule is CC(C)(C(=O)NCc1ccccc1)C(=O)N[C@@H](CCCNC(=N)N)B(O)OS(=O)(=O)c1ccccc1. The van der Waals surface area contributed by atoms with E-state index >= 15 is 0 Å². The van der Waals surface area contributed by atoms with Crippen LogP contribution in [0.2, 0.25) is 0 Å². The molecule has 2 aromatic rings. The minimum Gasteiger partial charge on any atom is -0.425 e. The van der Waals surface area contributed by atoms with Gasteiger partial charge in [-0.1, -0.05) is 48.5 Å². The van der Waals surface area contributed by atoms with Gasteiger partial charge in [-0.3, -0.25) is 19.1 Å². The second-order valence-corrected chi connectivity index (χ2v) is 10.2. The summed E-state index contributed by atoms with van der Waals surface area (Å²) in [4.78, 5) is 25.7. The normalized spacial score (nSPS) is 12.3. The fraction of sp³-hybridized carbons (Fsp3) is 0.348. The molecule has 0 aromatic heterocycles. The number of hydrogen-bond donors (Lipinski definition) is 6. The Balaban J connectivity index is 2.10. The first-order chi connectivity index (χ1) is 16.9. The van der Waals surface area contributed by atoms with E-state index in [0.717, 1.165) is 5.56 Å². The van der Waals surface area contributed by atoms with Gasteiger partial charge in [0.1, 0.15) is 5.41 Å². The molecular formula is C23H32BN5O6S. The van der Waals surface area contributed by atoms with E-state index in [2.05, 4.69) is 16.0 Å². The van der Waals surface area contributed by atoms with E-state index < -0.39 is 40.4 Å². The van der Waals surface area contributed by atoms with Crippen molar-refractivity contribution in [3.63, 3.8) is 0 Å². The van der Waals surface area contributed by atoms with Crippen molar-refractivity contribution in [1.82, 2.24) is 16.0 Å². The summed E-state index contributed by atoms with van der Waals surface area (Å²) in [6.45, 7) is 3.30. The standard InChI is InChI=1S/C23H32BN5O6S/c1-23(2,20(30)28-16-17-10-5-3-6-11-17)21(31)29-19(14-9-15-27-22(25)26)24(32)35-36(33,34)18-12-7-4-8-13-18/h3-8,10-13,19,32H,9,14-16H2,1-2H3,(H,28,30)(H,29,31)(H4,25,26,27)/t19-/m0/s1. The molecule has 0 radical (unpaired) electrons. The summed E-state index contributed by atoms with van der Waals surface area (Å²) in [6.07, 6.45) is 0.371. The Morgan fingerprint density at radius 3 is 2.22 bits per heavy atom. The summed E-state index contributed by atoms with van der Waals surface area (Å²) in [5, 5.41) is 25.7. The van der Waals surface area contributed by atoms with Crippen molar-refractivity contribution in [1.29, 1.82) is 5.41 Å². The van der Waals surface area contributed by atoms with Crippen LogP contribution in [0.4, 0.5) is 0 Å². The molecule has 0 aliphatic heterocycles. The lowest BCUT2D eigenvalue weighted by Gasteiger charge is -2.27. The first kappa shape index (κ1) is 28.8. The summed E-state index contributed by atoms with van der Waals surface area (Å²) in [7, 11) is -6.26. The predicted octanol–water partition coefficient (Wildman–Crippen LogP) is 0.502. The number of nitrogens with two attached hydrogens (primary N) is 1. The highest BCUT2D eigenvalue weighted by atomic mass is 32.2. The van der Waals surface area contributed by atoms with Crippen LogP contribution in [-0.4, -0.2) is 50.8 Å². The lowest BCUT2D eigenvalue weighted by molar-refractivity contribution is -0.141. The maximum Gasteiger partial charge on any atom is 0.494 e. The van der Waals surface area contributed by atoms with Crippen molar-refractivity contribution in [2.24, 2.45) is 11.1 Å². The average Bonchev–Trinajstić information content (AvgIpc) is 2.84. The first-order valence-electron chi connectivity index (χ1n) is 11.3. The van der Waals surface area contributed by atoms with Gasteiger partial charge in [0, 0.05) is 13.1 Å². The zero-order chi connectivity index (χ0) is 26.8. The molecule has 2 amide bonds. The van der Waals surface area contributed by atoms with Crippen LogP contribution in [-0.2, 0) is 30.4 Å². The first-order valence-corrected chi connectivity index (χ1v) is 12.7. The Morgan fingerprint density at radius 1 is 1.06 bits per heavy atom. The van der Waals surface area contributed by atoms with Gasteiger partial charge in [0.05, 0.1) is 10.8 Å². The van der Waals surface area contributed by atoms with Crippen LogP contribution in [0.25, 0.3) is 0 Å². The summed E-state index contributed by atoms with van der Waals surface area (Å²) in [5.74, 6) is -2.70. The van der Waals surface area contributed by atoms with E-state index in [-0.39, 0.29) is 30.4 Å². The molecule has 13 heteroatoms. The Kier molecular flexibility index (Phi) is 10.4. The number of carbonyl (C=O) groups excluding carboxylic acids is 2. The molecule has 0 aliphatic carbocycles. The van der Waals surface area contributed by atoms with Crippen molar-refractivity contribution >= 4 is 35.0 Å². The van der Waals surface area contributed by atoms with E-state index in [0.29, 0.717) is 6.42 Å². The number of amides is 2. The Bertz CT molecular complexity index is 1130. The van der Waals surface area contributed by atoms with Gasteiger partial charge in [-0.25, -0.2) is 0 Å². The van der Waals surface area contributed by atoms with Gasteiger partial charge in [-0.2, -0.15) is 8.42 Å². The molecule has 0 saturated heterocycles. The average molecular weight is 517 g/mol. The molecule has 0 saturated carbocycles. The van der Waals surface area contributed by atoms with Gasteiger partial charge in [-0.05, 0) is 44.4 Å². The number of benzene rings is 2. The molecule has 0 aliphatic rings. The van der Waals surface area contributed by atoms with Crippen molar-refractivity contribution in [3.8, 4) is 0 Å². The number of rotatable bonds is 13. The van der Waals surface area contributed by atoms with Crippen LogP contribution in [0.5, 0.6) is 0 Å². The number of guanidine groups is 1. The largest absolute Gasteiger partial charge is 0.494 e. The fourth-order valence-electron chi connectivity index (χ4n) is 3.12. The topological polar surface area (TPSA) is 184 Å². The van der Waals surface area contributed by atoms with Crippen LogP contribution in [0.3, 0.4) is 0 Å². The molecule has 0 heterocycles. The third kappa shape index (κ3) is 8.66. The molecule has 0 unspecified atom stereocenters. The Labute approximate surface area is 211 Å². The lowest BCUT2D eigenvalue weighted by Crippen LogP contribution is -2.55. The third-order valence-electron chi connectivity index (χ3n) is 5.36. The van der Waals surface area contributed by atoms with Crippen LogP contribution in [0.1, 0.15) is 32.3 Å². The smallest absolute Gasteiger partial charge is 0.425 e. The molecule has 0 spiro atoms. The minimum atomic E-state index is -4.33. The van der Waals surface area contributed by atoms with Gasteiger partial charge < -0.3 is 26.7 Å². The van der Waals surface area contributed by atoms with Crippen molar-refractivity contribution in [2.75, 3.05) is 6.54 Å². The summed E-state index contributed by atoms with van der Waals surface area (Å²) < 4.78 is 30.1. The minimum absolute atomic E-state index is 0.0687. The maximum absolute atomic E-state index is 13.1. The molecule has 0 fully saturated rings. The number of hydrogen-bond acceptors (Lipinski definition) is 7. The van der Waals surface area contributed by atoms with Gasteiger partial charge >= 0.3 is 7.12 Å². The van der Waals surface area contributed by atoms with E-state index in [9.17, 15) is 23.0 Å². The quantitative estimate of drug-likeness (QED) is 0.0730. The van der Waals surface area contributed by atoms with Crippen molar-refractivity contribution in [2.45, 2.75) is 44.1 Å². The van der Waals surface area contributed by atoms with Crippen molar-refractivity contribution in [3.05, 3.63) is 66.2 Å². The molecule has 7 N–H and O–H groups in total. The Hall–Kier alpha value is -3.42. The van der Waals surface area contributed by atoms with Crippen LogP contribution >= 0.6 is 0 Å². The van der Waals surface area contributed by atoms with E-state index in [1.807, 2.05) is 30.3 Å². The highest BCUT2D eigenvalue weighted by Gasteiger charge is 2.40. The van der Waals surface area contributed by atoms with Crippen LogP contribution in [0, 0.1) is 10.8 Å². The molecule has 194 valence electrons. The zero-order valence-corrected chi connectivity index (χ0v) is 21.0. The van der Waals surface area contributed by atoms with E-state index in [1.165, 1.54) is 38.1 Å². The summed E-state index contributed by atoms with van der Waals surface area (Å²) in [6, 6.07) is 16.4. The second kappa shape index (κ2) is 13.0. The molecule has 36 heavy (non-hydrogen) atoms. The second-order valence-electron chi connectivity index (χ2n) is 8.61. The van der Waals surface area contributed by atoms with Crippen LogP contribution < -0.4 is 21.7 Å². The van der Waals surface area contributed by atoms with Crippen LogP contribution in [0.15, 0.2) is 65.6 Å². The zero-order valence-electron chi connectivity index (χ0n) is 20.2. The molecule has 0 bridgehead atoms. The highest BCUT2D eigenvalue weighted by molar-refractivity contribution is 7.87. The molecule has 1 atom stereocenters.